The van der Waals surface area contributed by atoms with Crippen molar-refractivity contribution < 1.29 is 4.74 Å². The van der Waals surface area contributed by atoms with Crippen LogP contribution in [-0.2, 0) is 6.42 Å². The lowest BCUT2D eigenvalue weighted by Crippen LogP contribution is -2.29. The van der Waals surface area contributed by atoms with Crippen LogP contribution in [0.4, 0.5) is 0 Å². The van der Waals surface area contributed by atoms with Gasteiger partial charge in [0.05, 0.1) is 7.11 Å². The monoisotopic (exact) mass is 255 g/mol. The summed E-state index contributed by atoms with van der Waals surface area (Å²) in [6.45, 7) is 2.41. The Morgan fingerprint density at radius 1 is 1.29 bits per heavy atom. The highest BCUT2D eigenvalue weighted by atomic mass is 35.5. The highest BCUT2D eigenvalue weighted by molar-refractivity contribution is 5.85. The SMILES string of the molecule is COc1ccc(CCC2CCCNC2)cc1.Cl. The third kappa shape index (κ3) is 4.57. The van der Waals surface area contributed by atoms with Crippen LogP contribution in [0.2, 0.25) is 0 Å². The topological polar surface area (TPSA) is 21.3 Å². The van der Waals surface area contributed by atoms with Crippen molar-refractivity contribution >= 4 is 12.4 Å². The predicted octanol–water partition coefficient (Wildman–Crippen LogP) is 3.05. The van der Waals surface area contributed by atoms with Crippen molar-refractivity contribution in [1.29, 1.82) is 0 Å². The number of rotatable bonds is 4. The van der Waals surface area contributed by atoms with E-state index in [9.17, 15) is 0 Å². The molecule has 1 heterocycles. The van der Waals surface area contributed by atoms with Gasteiger partial charge in [-0.25, -0.2) is 0 Å². The fourth-order valence-corrected chi connectivity index (χ4v) is 2.33. The zero-order chi connectivity index (χ0) is 11.2. The van der Waals surface area contributed by atoms with Crippen molar-refractivity contribution in [3.63, 3.8) is 0 Å². The second kappa shape index (κ2) is 7.57. The van der Waals surface area contributed by atoms with E-state index >= 15 is 0 Å². The molecule has 1 N–H and O–H groups in total. The lowest BCUT2D eigenvalue weighted by atomic mass is 9.93. The van der Waals surface area contributed by atoms with Gasteiger partial charge in [0, 0.05) is 0 Å². The van der Waals surface area contributed by atoms with Crippen molar-refractivity contribution in [2.45, 2.75) is 25.7 Å². The number of piperidine rings is 1. The minimum absolute atomic E-state index is 0. The average molecular weight is 256 g/mol. The van der Waals surface area contributed by atoms with Crippen LogP contribution >= 0.6 is 12.4 Å². The normalized spacial score (nSPS) is 19.5. The van der Waals surface area contributed by atoms with Crippen molar-refractivity contribution in [2.24, 2.45) is 5.92 Å². The smallest absolute Gasteiger partial charge is 0.118 e. The molecule has 0 spiro atoms. The van der Waals surface area contributed by atoms with Gasteiger partial charge in [-0.15, -0.1) is 12.4 Å². The Labute approximate surface area is 110 Å². The van der Waals surface area contributed by atoms with Gasteiger partial charge in [0.1, 0.15) is 5.75 Å². The third-order valence-electron chi connectivity index (χ3n) is 3.40. The summed E-state index contributed by atoms with van der Waals surface area (Å²) in [5.41, 5.74) is 1.42. The van der Waals surface area contributed by atoms with E-state index in [4.69, 9.17) is 4.74 Å². The van der Waals surface area contributed by atoms with E-state index in [1.165, 1.54) is 44.3 Å². The maximum Gasteiger partial charge on any atom is 0.118 e. The fraction of sp³-hybridized carbons (Fsp3) is 0.571. The second-order valence-electron chi connectivity index (χ2n) is 4.60. The number of methoxy groups -OCH3 is 1. The molecular formula is C14H22ClNO. The summed E-state index contributed by atoms with van der Waals surface area (Å²) in [5.74, 6) is 1.82. The van der Waals surface area contributed by atoms with Crippen LogP contribution < -0.4 is 10.1 Å². The molecule has 0 aliphatic carbocycles. The summed E-state index contributed by atoms with van der Waals surface area (Å²) in [7, 11) is 1.71. The molecule has 0 radical (unpaired) electrons. The lowest BCUT2D eigenvalue weighted by Gasteiger charge is -2.22. The van der Waals surface area contributed by atoms with Crippen LogP contribution in [0.5, 0.6) is 5.75 Å². The standard InChI is InChI=1S/C14H21NO.ClH/c1-16-14-8-6-12(7-9-14)4-5-13-3-2-10-15-11-13;/h6-9,13,15H,2-5,10-11H2,1H3;1H. The maximum atomic E-state index is 5.15. The maximum absolute atomic E-state index is 5.15. The molecule has 1 fully saturated rings. The highest BCUT2D eigenvalue weighted by Gasteiger charge is 2.12. The number of hydrogen-bond acceptors (Lipinski definition) is 2. The molecule has 1 aliphatic rings. The van der Waals surface area contributed by atoms with Crippen LogP contribution in [0.1, 0.15) is 24.8 Å². The molecule has 17 heavy (non-hydrogen) atoms. The number of ether oxygens (including phenoxy) is 1. The first-order chi connectivity index (χ1) is 7.88. The summed E-state index contributed by atoms with van der Waals surface area (Å²) in [5, 5.41) is 3.47. The summed E-state index contributed by atoms with van der Waals surface area (Å²) in [6, 6.07) is 8.45. The van der Waals surface area contributed by atoms with Crippen molar-refractivity contribution in [1.82, 2.24) is 5.32 Å². The van der Waals surface area contributed by atoms with Gasteiger partial charge in [-0.3, -0.25) is 0 Å². The Morgan fingerprint density at radius 2 is 2.06 bits per heavy atom. The molecule has 1 atom stereocenters. The summed E-state index contributed by atoms with van der Waals surface area (Å²) in [4.78, 5) is 0. The van der Waals surface area contributed by atoms with E-state index in [-0.39, 0.29) is 12.4 Å². The Morgan fingerprint density at radius 3 is 2.65 bits per heavy atom. The first-order valence-corrected chi connectivity index (χ1v) is 6.22. The van der Waals surface area contributed by atoms with Gasteiger partial charge in [0.2, 0.25) is 0 Å². The Balaban J connectivity index is 0.00000144. The van der Waals surface area contributed by atoms with Gasteiger partial charge in [-0.2, -0.15) is 0 Å². The van der Waals surface area contributed by atoms with Gasteiger partial charge < -0.3 is 10.1 Å². The van der Waals surface area contributed by atoms with E-state index in [1.807, 2.05) is 0 Å². The molecule has 1 aromatic rings. The molecule has 0 saturated carbocycles. The van der Waals surface area contributed by atoms with Crippen molar-refractivity contribution in [3.8, 4) is 5.75 Å². The number of aryl methyl sites for hydroxylation is 1. The van der Waals surface area contributed by atoms with Crippen LogP contribution in [0.15, 0.2) is 24.3 Å². The molecule has 0 aromatic heterocycles. The predicted molar refractivity (Wildman–Crippen MR) is 74.2 cm³/mol. The van der Waals surface area contributed by atoms with Crippen molar-refractivity contribution in [3.05, 3.63) is 29.8 Å². The molecule has 1 unspecified atom stereocenters. The molecular weight excluding hydrogens is 234 g/mol. The summed E-state index contributed by atoms with van der Waals surface area (Å²) >= 11 is 0. The second-order valence-corrected chi connectivity index (χ2v) is 4.60. The number of nitrogens with one attached hydrogen (secondary N) is 1. The molecule has 2 nitrogen and oxygen atoms in total. The molecule has 96 valence electrons. The van der Waals surface area contributed by atoms with E-state index in [0.717, 1.165) is 11.7 Å². The quantitative estimate of drug-likeness (QED) is 0.893. The van der Waals surface area contributed by atoms with Gasteiger partial charge in [0.15, 0.2) is 0 Å². The number of halogens is 1. The first-order valence-electron chi connectivity index (χ1n) is 6.22. The fourth-order valence-electron chi connectivity index (χ4n) is 2.33. The van der Waals surface area contributed by atoms with E-state index in [0.29, 0.717) is 0 Å². The van der Waals surface area contributed by atoms with Crippen LogP contribution in [0, 0.1) is 5.92 Å². The molecule has 0 bridgehead atoms. The van der Waals surface area contributed by atoms with E-state index < -0.39 is 0 Å². The molecule has 3 heteroatoms. The largest absolute Gasteiger partial charge is 0.497 e. The zero-order valence-electron chi connectivity index (χ0n) is 10.4. The molecule has 1 aromatic carbocycles. The molecule has 2 rings (SSSR count). The molecule has 0 amide bonds. The van der Waals surface area contributed by atoms with Crippen molar-refractivity contribution in [2.75, 3.05) is 20.2 Å². The van der Waals surface area contributed by atoms with Gasteiger partial charge in [-0.1, -0.05) is 12.1 Å². The Kier molecular flexibility index (Phi) is 6.38. The zero-order valence-corrected chi connectivity index (χ0v) is 11.3. The van der Waals surface area contributed by atoms with Gasteiger partial charge in [-0.05, 0) is 62.4 Å². The third-order valence-corrected chi connectivity index (χ3v) is 3.40. The first kappa shape index (κ1) is 14.3. The van der Waals surface area contributed by atoms with E-state index in [2.05, 4.69) is 29.6 Å². The van der Waals surface area contributed by atoms with E-state index in [1.54, 1.807) is 7.11 Å². The molecule has 1 saturated heterocycles. The Bertz CT molecular complexity index is 307. The summed E-state index contributed by atoms with van der Waals surface area (Å²) < 4.78 is 5.15. The van der Waals surface area contributed by atoms with Crippen LogP contribution in [0.25, 0.3) is 0 Å². The minimum atomic E-state index is 0. The van der Waals surface area contributed by atoms with Crippen LogP contribution in [0.3, 0.4) is 0 Å². The average Bonchev–Trinajstić information content (AvgIpc) is 2.38. The Hall–Kier alpha value is -0.730. The molecule has 1 aliphatic heterocycles. The van der Waals surface area contributed by atoms with Gasteiger partial charge >= 0.3 is 0 Å². The lowest BCUT2D eigenvalue weighted by molar-refractivity contribution is 0.358. The number of benzene rings is 1. The summed E-state index contributed by atoms with van der Waals surface area (Å²) in [6.07, 6.45) is 5.23. The number of hydrogen-bond donors (Lipinski definition) is 1. The van der Waals surface area contributed by atoms with Gasteiger partial charge in [0.25, 0.3) is 0 Å². The minimum Gasteiger partial charge on any atom is -0.497 e. The van der Waals surface area contributed by atoms with Crippen LogP contribution in [-0.4, -0.2) is 20.2 Å². The highest BCUT2D eigenvalue weighted by Crippen LogP contribution is 2.18.